The summed E-state index contributed by atoms with van der Waals surface area (Å²) in [6.07, 6.45) is 0. The van der Waals surface area contributed by atoms with Crippen LogP contribution >= 0.6 is 0 Å². The van der Waals surface area contributed by atoms with Gasteiger partial charge in [-0.3, -0.25) is 4.79 Å². The SMILES string of the molecule is CC(=O)N(Cc1ccccc1)[C@@H](C)C(=O)O. The van der Waals surface area contributed by atoms with Crippen molar-refractivity contribution < 1.29 is 14.7 Å². The van der Waals surface area contributed by atoms with Crippen LogP contribution in [0.1, 0.15) is 19.4 Å². The van der Waals surface area contributed by atoms with E-state index >= 15 is 0 Å². The van der Waals surface area contributed by atoms with E-state index in [4.69, 9.17) is 5.11 Å². The number of benzene rings is 1. The van der Waals surface area contributed by atoms with Gasteiger partial charge < -0.3 is 10.0 Å². The summed E-state index contributed by atoms with van der Waals surface area (Å²) >= 11 is 0. The Hall–Kier alpha value is -1.84. The Bertz CT molecular complexity index is 375. The Morgan fingerprint density at radius 3 is 2.31 bits per heavy atom. The number of hydrogen-bond donors (Lipinski definition) is 1. The van der Waals surface area contributed by atoms with Crippen molar-refractivity contribution in [2.45, 2.75) is 26.4 Å². The third kappa shape index (κ3) is 3.08. The molecule has 0 saturated heterocycles. The Morgan fingerprint density at radius 2 is 1.88 bits per heavy atom. The second kappa shape index (κ2) is 5.30. The van der Waals surface area contributed by atoms with Crippen molar-refractivity contribution >= 4 is 11.9 Å². The van der Waals surface area contributed by atoms with Crippen molar-refractivity contribution in [2.24, 2.45) is 0 Å². The normalized spacial score (nSPS) is 11.9. The van der Waals surface area contributed by atoms with Gasteiger partial charge in [0.2, 0.25) is 5.91 Å². The summed E-state index contributed by atoms with van der Waals surface area (Å²) in [6.45, 7) is 3.21. The zero-order valence-electron chi connectivity index (χ0n) is 9.38. The Balaban J connectivity index is 2.81. The minimum absolute atomic E-state index is 0.237. The number of hydrogen-bond acceptors (Lipinski definition) is 2. The zero-order valence-corrected chi connectivity index (χ0v) is 9.38. The van der Waals surface area contributed by atoms with Crippen LogP contribution in [0.5, 0.6) is 0 Å². The minimum atomic E-state index is -0.994. The molecule has 0 aliphatic heterocycles. The molecule has 0 bridgehead atoms. The van der Waals surface area contributed by atoms with Gasteiger partial charge in [0, 0.05) is 13.5 Å². The highest BCUT2D eigenvalue weighted by Gasteiger charge is 2.22. The monoisotopic (exact) mass is 221 g/mol. The molecule has 0 fully saturated rings. The van der Waals surface area contributed by atoms with E-state index in [2.05, 4.69) is 0 Å². The topological polar surface area (TPSA) is 57.6 Å². The molecule has 1 N–H and O–H groups in total. The van der Waals surface area contributed by atoms with E-state index in [-0.39, 0.29) is 5.91 Å². The van der Waals surface area contributed by atoms with Gasteiger partial charge in [0.15, 0.2) is 0 Å². The van der Waals surface area contributed by atoms with Crippen LogP contribution in [-0.2, 0) is 16.1 Å². The van der Waals surface area contributed by atoms with Crippen LogP contribution in [0.2, 0.25) is 0 Å². The highest BCUT2D eigenvalue weighted by atomic mass is 16.4. The van der Waals surface area contributed by atoms with Crippen LogP contribution in [0, 0.1) is 0 Å². The number of nitrogens with zero attached hydrogens (tertiary/aromatic N) is 1. The van der Waals surface area contributed by atoms with E-state index in [1.54, 1.807) is 0 Å². The molecule has 1 aromatic rings. The molecule has 0 saturated carbocycles. The smallest absolute Gasteiger partial charge is 0.326 e. The Morgan fingerprint density at radius 1 is 1.31 bits per heavy atom. The van der Waals surface area contributed by atoms with Crippen LogP contribution in [0.3, 0.4) is 0 Å². The molecule has 0 spiro atoms. The largest absolute Gasteiger partial charge is 0.480 e. The summed E-state index contributed by atoms with van der Waals surface area (Å²) in [7, 11) is 0. The lowest BCUT2D eigenvalue weighted by Crippen LogP contribution is -2.41. The van der Waals surface area contributed by atoms with Crippen LogP contribution in [0.4, 0.5) is 0 Å². The molecular formula is C12H15NO3. The van der Waals surface area contributed by atoms with Crippen LogP contribution in [0.25, 0.3) is 0 Å². The maximum absolute atomic E-state index is 11.4. The molecule has 4 heteroatoms. The fourth-order valence-corrected chi connectivity index (χ4v) is 1.43. The number of carboxylic acid groups (broad SMARTS) is 1. The highest BCUT2D eigenvalue weighted by Crippen LogP contribution is 2.08. The lowest BCUT2D eigenvalue weighted by molar-refractivity contribution is -0.149. The molecule has 0 unspecified atom stereocenters. The lowest BCUT2D eigenvalue weighted by atomic mass is 10.2. The van der Waals surface area contributed by atoms with Gasteiger partial charge in [-0.05, 0) is 12.5 Å². The average Bonchev–Trinajstić information content (AvgIpc) is 2.26. The van der Waals surface area contributed by atoms with E-state index in [1.165, 1.54) is 18.7 Å². The Kier molecular flexibility index (Phi) is 4.05. The first-order valence-corrected chi connectivity index (χ1v) is 5.06. The Labute approximate surface area is 94.5 Å². The van der Waals surface area contributed by atoms with Crippen molar-refractivity contribution in [1.29, 1.82) is 0 Å². The maximum atomic E-state index is 11.4. The zero-order chi connectivity index (χ0) is 12.1. The summed E-state index contributed by atoms with van der Waals surface area (Å²) in [5, 5.41) is 8.89. The molecule has 1 atom stereocenters. The number of rotatable bonds is 4. The minimum Gasteiger partial charge on any atom is -0.480 e. The molecule has 0 aliphatic carbocycles. The molecule has 1 amide bonds. The van der Waals surface area contributed by atoms with Gasteiger partial charge >= 0.3 is 5.97 Å². The first-order valence-electron chi connectivity index (χ1n) is 5.06. The van der Waals surface area contributed by atoms with Gasteiger partial charge in [0.25, 0.3) is 0 Å². The fourth-order valence-electron chi connectivity index (χ4n) is 1.43. The van der Waals surface area contributed by atoms with E-state index in [0.29, 0.717) is 6.54 Å². The lowest BCUT2D eigenvalue weighted by Gasteiger charge is -2.25. The van der Waals surface area contributed by atoms with Crippen molar-refractivity contribution in [3.63, 3.8) is 0 Å². The van der Waals surface area contributed by atoms with E-state index < -0.39 is 12.0 Å². The van der Waals surface area contributed by atoms with Gasteiger partial charge in [0.1, 0.15) is 6.04 Å². The number of carbonyl (C=O) groups is 2. The summed E-state index contributed by atoms with van der Waals surface area (Å²) in [5.74, 6) is -1.23. The van der Waals surface area contributed by atoms with Crippen molar-refractivity contribution in [3.8, 4) is 0 Å². The molecule has 1 rings (SSSR count). The number of carbonyl (C=O) groups excluding carboxylic acids is 1. The first-order chi connectivity index (χ1) is 7.52. The predicted octanol–water partition coefficient (Wildman–Crippen LogP) is 1.51. The van der Waals surface area contributed by atoms with E-state index in [1.807, 2.05) is 30.3 Å². The summed E-state index contributed by atoms with van der Waals surface area (Å²) in [4.78, 5) is 23.5. The number of aliphatic carboxylic acids is 1. The number of carboxylic acids is 1. The molecule has 0 aromatic heterocycles. The molecule has 4 nitrogen and oxygen atoms in total. The van der Waals surface area contributed by atoms with Crippen molar-refractivity contribution in [3.05, 3.63) is 35.9 Å². The van der Waals surface area contributed by atoms with Gasteiger partial charge in [0.05, 0.1) is 0 Å². The molecular weight excluding hydrogens is 206 g/mol. The van der Waals surface area contributed by atoms with Crippen LogP contribution in [0.15, 0.2) is 30.3 Å². The predicted molar refractivity (Wildman–Crippen MR) is 59.8 cm³/mol. The molecule has 0 radical (unpaired) electrons. The fraction of sp³-hybridized carbons (Fsp3) is 0.333. The number of amides is 1. The van der Waals surface area contributed by atoms with E-state index in [9.17, 15) is 9.59 Å². The van der Waals surface area contributed by atoms with Crippen molar-refractivity contribution in [2.75, 3.05) is 0 Å². The molecule has 1 aromatic carbocycles. The second-order valence-corrected chi connectivity index (χ2v) is 3.65. The standard InChI is InChI=1S/C12H15NO3/c1-9(12(15)16)13(10(2)14)8-11-6-4-3-5-7-11/h3-7,9H,8H2,1-2H3,(H,15,16)/t9-/m0/s1. The van der Waals surface area contributed by atoms with Gasteiger partial charge in [-0.15, -0.1) is 0 Å². The van der Waals surface area contributed by atoms with Crippen molar-refractivity contribution in [1.82, 2.24) is 4.90 Å². The quantitative estimate of drug-likeness (QED) is 0.838. The molecule has 86 valence electrons. The molecule has 0 heterocycles. The molecule has 0 aliphatic rings. The van der Waals surface area contributed by atoms with Crippen LogP contribution in [-0.4, -0.2) is 27.9 Å². The second-order valence-electron chi connectivity index (χ2n) is 3.65. The highest BCUT2D eigenvalue weighted by molar-refractivity contribution is 5.81. The molecule has 16 heavy (non-hydrogen) atoms. The van der Waals surface area contributed by atoms with Gasteiger partial charge in [-0.25, -0.2) is 4.79 Å². The average molecular weight is 221 g/mol. The first kappa shape index (κ1) is 12.2. The summed E-state index contributed by atoms with van der Waals surface area (Å²) < 4.78 is 0. The van der Waals surface area contributed by atoms with Gasteiger partial charge in [-0.2, -0.15) is 0 Å². The van der Waals surface area contributed by atoms with Gasteiger partial charge in [-0.1, -0.05) is 30.3 Å². The van der Waals surface area contributed by atoms with Crippen LogP contribution < -0.4 is 0 Å². The summed E-state index contributed by atoms with van der Waals surface area (Å²) in [5.41, 5.74) is 0.922. The third-order valence-corrected chi connectivity index (χ3v) is 2.43. The third-order valence-electron chi connectivity index (χ3n) is 2.43. The summed E-state index contributed by atoms with van der Waals surface area (Å²) in [6, 6.07) is 8.52. The maximum Gasteiger partial charge on any atom is 0.326 e. The van der Waals surface area contributed by atoms with E-state index in [0.717, 1.165) is 5.56 Å².